The smallest absolute Gasteiger partial charge is 0.257 e. The molecule has 2 heterocycles. The Morgan fingerprint density at radius 2 is 1.83 bits per heavy atom. The molecule has 4 rings (SSSR count). The molecule has 0 atom stereocenters. The quantitative estimate of drug-likeness (QED) is 0.498. The summed E-state index contributed by atoms with van der Waals surface area (Å²) < 4.78 is 34.1. The van der Waals surface area contributed by atoms with E-state index >= 15 is 0 Å². The number of sulfonamides is 1. The Hall–Kier alpha value is -3.28. The van der Waals surface area contributed by atoms with Gasteiger partial charge in [-0.3, -0.25) is 9.69 Å². The van der Waals surface area contributed by atoms with Gasteiger partial charge in [-0.1, -0.05) is 35.0 Å². The predicted octanol–water partition coefficient (Wildman–Crippen LogP) is 2.09. The minimum absolute atomic E-state index is 0.119. The Balaban J connectivity index is 1.28. The number of nitrogens with zero attached hydrogens (tertiary/aromatic N) is 4. The minimum Gasteiger partial charge on any atom is -0.496 e. The maximum Gasteiger partial charge on any atom is 0.257 e. The summed E-state index contributed by atoms with van der Waals surface area (Å²) in [4.78, 5) is 21.4. The average Bonchev–Trinajstić information content (AvgIpc) is 3.32. The normalized spacial score (nSPS) is 14.8. The lowest BCUT2D eigenvalue weighted by atomic mass is 10.1. The van der Waals surface area contributed by atoms with E-state index in [2.05, 4.69) is 15.0 Å². The van der Waals surface area contributed by atoms with Gasteiger partial charge in [0.2, 0.25) is 21.7 Å². The second-order valence-electron chi connectivity index (χ2n) is 8.52. The Bertz CT molecular complexity index is 1280. The number of aryl methyl sites for hydroxylation is 2. The molecule has 1 saturated heterocycles. The monoisotopic (exact) mass is 499 g/mol. The molecule has 186 valence electrons. The molecule has 0 saturated carbocycles. The number of hydrogen-bond donors (Lipinski definition) is 1. The average molecular weight is 500 g/mol. The molecular formula is C24H29N5O5S. The van der Waals surface area contributed by atoms with E-state index in [1.54, 1.807) is 4.90 Å². The molecule has 1 aliphatic rings. The lowest BCUT2D eigenvalue weighted by Crippen LogP contribution is -2.49. The molecule has 1 amide bonds. The molecule has 0 radical (unpaired) electrons. The molecule has 1 fully saturated rings. The van der Waals surface area contributed by atoms with Crippen molar-refractivity contribution in [3.05, 3.63) is 59.5 Å². The Morgan fingerprint density at radius 1 is 1.11 bits per heavy atom. The molecule has 1 aromatic heterocycles. The molecule has 0 aliphatic carbocycles. The van der Waals surface area contributed by atoms with Crippen LogP contribution in [0.1, 0.15) is 28.2 Å². The third-order valence-corrected chi connectivity index (χ3v) is 6.94. The van der Waals surface area contributed by atoms with Crippen molar-refractivity contribution in [3.63, 3.8) is 0 Å². The molecule has 2 aromatic carbocycles. The first kappa shape index (κ1) is 24.8. The van der Waals surface area contributed by atoms with Gasteiger partial charge in [-0.05, 0) is 38.1 Å². The number of benzene rings is 2. The zero-order valence-electron chi connectivity index (χ0n) is 19.8. The van der Waals surface area contributed by atoms with Gasteiger partial charge in [0.05, 0.1) is 17.6 Å². The Kier molecular flexibility index (Phi) is 7.48. The van der Waals surface area contributed by atoms with E-state index in [1.165, 1.54) is 30.9 Å². The van der Waals surface area contributed by atoms with Gasteiger partial charge >= 0.3 is 0 Å². The van der Waals surface area contributed by atoms with Gasteiger partial charge in [-0.15, -0.1) is 0 Å². The minimum atomic E-state index is -3.92. The molecule has 10 nitrogen and oxygen atoms in total. The van der Waals surface area contributed by atoms with Crippen molar-refractivity contribution >= 4 is 15.9 Å². The maximum atomic E-state index is 13.1. The summed E-state index contributed by atoms with van der Waals surface area (Å²) in [6, 6.07) is 12.0. The van der Waals surface area contributed by atoms with Gasteiger partial charge in [0.25, 0.3) is 5.91 Å². The summed E-state index contributed by atoms with van der Waals surface area (Å²) in [5.41, 5.74) is 2.29. The SMILES string of the molecule is COc1ccc(S(N)(=O)=O)cc1C(=O)N1CCN(CCCc2nc(-c3ccc(C)cc3)no2)CC1. The summed E-state index contributed by atoms with van der Waals surface area (Å²) in [5.74, 6) is 1.24. The lowest BCUT2D eigenvalue weighted by Gasteiger charge is -2.35. The summed E-state index contributed by atoms with van der Waals surface area (Å²) in [6.45, 7) is 5.35. The molecule has 0 spiro atoms. The third-order valence-electron chi connectivity index (χ3n) is 6.03. The predicted molar refractivity (Wildman–Crippen MR) is 130 cm³/mol. The zero-order chi connectivity index (χ0) is 25.0. The highest BCUT2D eigenvalue weighted by Crippen LogP contribution is 2.24. The Labute approximate surface area is 204 Å². The van der Waals surface area contributed by atoms with Crippen molar-refractivity contribution in [3.8, 4) is 17.1 Å². The largest absolute Gasteiger partial charge is 0.496 e. The van der Waals surface area contributed by atoms with Crippen LogP contribution in [-0.2, 0) is 16.4 Å². The number of carbonyl (C=O) groups excluding carboxylic acids is 1. The summed E-state index contributed by atoms with van der Waals surface area (Å²) in [6.07, 6.45) is 1.53. The van der Waals surface area contributed by atoms with Gasteiger partial charge in [-0.25, -0.2) is 13.6 Å². The van der Waals surface area contributed by atoms with Crippen LogP contribution >= 0.6 is 0 Å². The van der Waals surface area contributed by atoms with Crippen molar-refractivity contribution in [1.29, 1.82) is 0 Å². The zero-order valence-corrected chi connectivity index (χ0v) is 20.6. The fraction of sp³-hybridized carbons (Fsp3) is 0.375. The van der Waals surface area contributed by atoms with Crippen molar-refractivity contribution in [2.45, 2.75) is 24.7 Å². The van der Waals surface area contributed by atoms with E-state index in [1.807, 2.05) is 31.2 Å². The van der Waals surface area contributed by atoms with Crippen LogP contribution in [0, 0.1) is 6.92 Å². The molecule has 11 heteroatoms. The van der Waals surface area contributed by atoms with Crippen LogP contribution in [0.15, 0.2) is 51.9 Å². The van der Waals surface area contributed by atoms with Crippen LogP contribution in [0.2, 0.25) is 0 Å². The van der Waals surface area contributed by atoms with Crippen molar-refractivity contribution < 1.29 is 22.5 Å². The topological polar surface area (TPSA) is 132 Å². The summed E-state index contributed by atoms with van der Waals surface area (Å²) in [7, 11) is -2.49. The molecule has 1 aliphatic heterocycles. The van der Waals surface area contributed by atoms with Gasteiger partial charge in [0.1, 0.15) is 5.75 Å². The van der Waals surface area contributed by atoms with Crippen LogP contribution < -0.4 is 9.88 Å². The first-order valence-corrected chi connectivity index (χ1v) is 12.9. The van der Waals surface area contributed by atoms with E-state index < -0.39 is 10.0 Å². The van der Waals surface area contributed by atoms with Gasteiger partial charge < -0.3 is 14.2 Å². The number of primary sulfonamides is 1. The van der Waals surface area contributed by atoms with E-state index in [9.17, 15) is 13.2 Å². The molecule has 2 N–H and O–H groups in total. The van der Waals surface area contributed by atoms with Gasteiger partial charge in [0, 0.05) is 38.2 Å². The first-order valence-electron chi connectivity index (χ1n) is 11.4. The number of aromatic nitrogens is 2. The fourth-order valence-corrected chi connectivity index (χ4v) is 4.55. The van der Waals surface area contributed by atoms with Crippen LogP contribution in [0.25, 0.3) is 11.4 Å². The van der Waals surface area contributed by atoms with E-state index in [0.717, 1.165) is 18.5 Å². The fourth-order valence-electron chi connectivity index (χ4n) is 4.01. The van der Waals surface area contributed by atoms with Crippen LogP contribution in [0.4, 0.5) is 0 Å². The highest BCUT2D eigenvalue weighted by atomic mass is 32.2. The van der Waals surface area contributed by atoms with E-state index in [4.69, 9.17) is 14.4 Å². The van der Waals surface area contributed by atoms with Crippen molar-refractivity contribution in [1.82, 2.24) is 19.9 Å². The molecule has 3 aromatic rings. The summed E-state index contributed by atoms with van der Waals surface area (Å²) >= 11 is 0. The van der Waals surface area contributed by atoms with E-state index in [0.29, 0.717) is 50.1 Å². The number of nitrogens with two attached hydrogens (primary N) is 1. The second kappa shape index (κ2) is 10.5. The molecule has 35 heavy (non-hydrogen) atoms. The number of carbonyl (C=O) groups is 1. The van der Waals surface area contributed by atoms with Crippen LogP contribution in [0.5, 0.6) is 5.75 Å². The number of rotatable bonds is 8. The second-order valence-corrected chi connectivity index (χ2v) is 10.1. The number of piperazine rings is 1. The lowest BCUT2D eigenvalue weighted by molar-refractivity contribution is 0.0632. The highest BCUT2D eigenvalue weighted by Gasteiger charge is 2.25. The number of hydrogen-bond acceptors (Lipinski definition) is 8. The number of methoxy groups -OCH3 is 1. The maximum absolute atomic E-state index is 13.1. The highest BCUT2D eigenvalue weighted by molar-refractivity contribution is 7.89. The number of amides is 1. The number of ether oxygens (including phenoxy) is 1. The van der Waals surface area contributed by atoms with Crippen molar-refractivity contribution in [2.24, 2.45) is 5.14 Å². The standard InChI is InChI=1S/C24H29N5O5S/c1-17-5-7-18(8-6-17)23-26-22(34-27-23)4-3-11-28-12-14-29(15-13-28)24(30)20-16-19(35(25,31)32)9-10-21(20)33-2/h5-10,16H,3-4,11-15H2,1-2H3,(H2,25,31,32). The van der Waals surface area contributed by atoms with Crippen LogP contribution in [0.3, 0.4) is 0 Å². The van der Waals surface area contributed by atoms with Gasteiger partial charge in [-0.2, -0.15) is 4.98 Å². The third kappa shape index (κ3) is 6.05. The van der Waals surface area contributed by atoms with E-state index in [-0.39, 0.29) is 16.4 Å². The molecular weight excluding hydrogens is 470 g/mol. The Morgan fingerprint density at radius 3 is 2.49 bits per heavy atom. The molecule has 0 bridgehead atoms. The van der Waals surface area contributed by atoms with Crippen LogP contribution in [-0.4, -0.2) is 74.1 Å². The van der Waals surface area contributed by atoms with Gasteiger partial charge in [0.15, 0.2) is 0 Å². The van der Waals surface area contributed by atoms with Crippen molar-refractivity contribution in [2.75, 3.05) is 39.8 Å². The molecule has 0 unspecified atom stereocenters. The first-order chi connectivity index (χ1) is 16.7. The summed E-state index contributed by atoms with van der Waals surface area (Å²) in [5, 5.41) is 9.30.